The summed E-state index contributed by atoms with van der Waals surface area (Å²) >= 11 is 4.80. The van der Waals surface area contributed by atoms with E-state index in [9.17, 15) is 9.59 Å². The van der Waals surface area contributed by atoms with Crippen LogP contribution in [0.3, 0.4) is 0 Å². The van der Waals surface area contributed by atoms with Crippen LogP contribution in [0.2, 0.25) is 0 Å². The van der Waals surface area contributed by atoms with E-state index >= 15 is 0 Å². The number of hydrogen-bond donors (Lipinski definition) is 2. The lowest BCUT2D eigenvalue weighted by atomic mass is 10.1. The van der Waals surface area contributed by atoms with Crippen molar-refractivity contribution in [2.45, 2.75) is 18.7 Å². The van der Waals surface area contributed by atoms with E-state index in [0.717, 1.165) is 26.2 Å². The highest BCUT2D eigenvalue weighted by atomic mass is 79.9. The van der Waals surface area contributed by atoms with E-state index in [-0.39, 0.29) is 24.1 Å². The van der Waals surface area contributed by atoms with Crippen LogP contribution in [0, 0.1) is 13.8 Å². The first kappa shape index (κ1) is 18.5. The summed E-state index contributed by atoms with van der Waals surface area (Å²) in [6.45, 7) is 3.85. The second kappa shape index (κ2) is 8.89. The minimum atomic E-state index is -0.227. The minimum absolute atomic E-state index is 0.0342. The number of anilines is 1. The van der Waals surface area contributed by atoms with Gasteiger partial charge in [0, 0.05) is 15.1 Å². The van der Waals surface area contributed by atoms with E-state index in [1.807, 2.05) is 56.3 Å². The molecule has 0 atom stereocenters. The predicted octanol–water partition coefficient (Wildman–Crippen LogP) is 3.91. The van der Waals surface area contributed by atoms with Crippen molar-refractivity contribution in [1.29, 1.82) is 0 Å². The first-order valence-corrected chi connectivity index (χ1v) is 9.24. The van der Waals surface area contributed by atoms with Crippen LogP contribution in [0.25, 0.3) is 0 Å². The van der Waals surface area contributed by atoms with Crippen LogP contribution in [0.15, 0.2) is 51.8 Å². The maximum Gasteiger partial charge on any atom is 0.243 e. The Balaban J connectivity index is 1.77. The quantitative estimate of drug-likeness (QED) is 0.714. The molecule has 0 aliphatic heterocycles. The number of aryl methyl sites for hydroxylation is 2. The largest absolute Gasteiger partial charge is 0.346 e. The van der Waals surface area contributed by atoms with Crippen LogP contribution >= 0.6 is 27.7 Å². The van der Waals surface area contributed by atoms with E-state index in [0.29, 0.717) is 0 Å². The second-order valence-electron chi connectivity index (χ2n) is 5.33. The summed E-state index contributed by atoms with van der Waals surface area (Å²) in [5.41, 5.74) is 2.81. The van der Waals surface area contributed by atoms with Crippen LogP contribution in [0.5, 0.6) is 0 Å². The van der Waals surface area contributed by atoms with Gasteiger partial charge in [-0.3, -0.25) is 9.59 Å². The van der Waals surface area contributed by atoms with E-state index in [1.54, 1.807) is 0 Å². The summed E-state index contributed by atoms with van der Waals surface area (Å²) in [4.78, 5) is 24.9. The molecule has 24 heavy (non-hydrogen) atoms. The molecule has 2 amide bonds. The molecule has 0 heterocycles. The normalized spacial score (nSPS) is 10.3. The van der Waals surface area contributed by atoms with Gasteiger partial charge in [-0.25, -0.2) is 0 Å². The number of hydrogen-bond acceptors (Lipinski definition) is 3. The van der Waals surface area contributed by atoms with Gasteiger partial charge < -0.3 is 10.6 Å². The Labute approximate surface area is 154 Å². The molecule has 0 spiro atoms. The molecule has 126 valence electrons. The van der Waals surface area contributed by atoms with Gasteiger partial charge in [-0.15, -0.1) is 11.8 Å². The van der Waals surface area contributed by atoms with Crippen molar-refractivity contribution in [3.8, 4) is 0 Å². The molecular weight excluding hydrogens is 388 g/mol. The number of benzene rings is 2. The lowest BCUT2D eigenvalue weighted by Crippen LogP contribution is -2.34. The number of nitrogens with one attached hydrogen (secondary N) is 2. The summed E-state index contributed by atoms with van der Waals surface area (Å²) in [5.74, 6) is -0.118. The fourth-order valence-electron chi connectivity index (χ4n) is 2.10. The molecule has 2 aromatic rings. The van der Waals surface area contributed by atoms with Crippen LogP contribution in [0.4, 0.5) is 5.69 Å². The third kappa shape index (κ3) is 5.69. The first-order chi connectivity index (χ1) is 11.5. The molecule has 0 aromatic heterocycles. The lowest BCUT2D eigenvalue weighted by Gasteiger charge is -2.12. The van der Waals surface area contributed by atoms with Gasteiger partial charge in [-0.2, -0.15) is 0 Å². The van der Waals surface area contributed by atoms with Crippen molar-refractivity contribution in [3.05, 3.63) is 58.1 Å². The molecule has 0 radical (unpaired) electrons. The standard InChI is InChI=1S/C18H19BrN2O2S/c1-12-4-3-5-13(2)18(12)21-16(22)10-20-17(23)11-24-15-8-6-14(19)7-9-15/h3-9H,10-11H2,1-2H3,(H,20,23)(H,21,22). The van der Waals surface area contributed by atoms with Gasteiger partial charge in [0.2, 0.25) is 11.8 Å². The predicted molar refractivity (Wildman–Crippen MR) is 102 cm³/mol. The van der Waals surface area contributed by atoms with Crippen molar-refractivity contribution < 1.29 is 9.59 Å². The molecule has 0 unspecified atom stereocenters. The molecule has 0 saturated carbocycles. The van der Waals surface area contributed by atoms with Crippen LogP contribution < -0.4 is 10.6 Å². The Hall–Kier alpha value is -1.79. The van der Waals surface area contributed by atoms with Gasteiger partial charge in [-0.1, -0.05) is 34.1 Å². The highest BCUT2D eigenvalue weighted by molar-refractivity contribution is 9.10. The zero-order valence-electron chi connectivity index (χ0n) is 13.6. The fourth-order valence-corrected chi connectivity index (χ4v) is 3.10. The van der Waals surface area contributed by atoms with Gasteiger partial charge in [0.15, 0.2) is 0 Å². The van der Waals surface area contributed by atoms with Crippen LogP contribution in [-0.2, 0) is 9.59 Å². The lowest BCUT2D eigenvalue weighted by molar-refractivity contribution is -0.122. The van der Waals surface area contributed by atoms with Crippen molar-refractivity contribution in [2.24, 2.45) is 0 Å². The molecule has 2 N–H and O–H groups in total. The van der Waals surface area contributed by atoms with Gasteiger partial charge in [-0.05, 0) is 49.2 Å². The van der Waals surface area contributed by atoms with Gasteiger partial charge in [0.25, 0.3) is 0 Å². The molecule has 0 aliphatic carbocycles. The van der Waals surface area contributed by atoms with Crippen molar-refractivity contribution in [2.75, 3.05) is 17.6 Å². The number of rotatable bonds is 6. The van der Waals surface area contributed by atoms with E-state index in [1.165, 1.54) is 11.8 Å². The highest BCUT2D eigenvalue weighted by Crippen LogP contribution is 2.20. The number of carbonyl (C=O) groups is 2. The molecule has 4 nitrogen and oxygen atoms in total. The Morgan fingerprint density at radius 3 is 2.25 bits per heavy atom. The molecule has 6 heteroatoms. The summed E-state index contributed by atoms with van der Waals surface area (Å²) in [6, 6.07) is 13.6. The Morgan fingerprint density at radius 2 is 1.62 bits per heavy atom. The molecule has 2 aromatic carbocycles. The first-order valence-electron chi connectivity index (χ1n) is 7.47. The monoisotopic (exact) mass is 406 g/mol. The number of halogens is 1. The molecule has 0 bridgehead atoms. The number of carbonyl (C=O) groups excluding carboxylic acids is 2. The average molecular weight is 407 g/mol. The summed E-state index contributed by atoms with van der Waals surface area (Å²) in [5, 5.41) is 5.49. The SMILES string of the molecule is Cc1cccc(C)c1NC(=O)CNC(=O)CSc1ccc(Br)cc1. The smallest absolute Gasteiger partial charge is 0.243 e. The van der Waals surface area contributed by atoms with Gasteiger partial charge in [0.1, 0.15) is 0 Å². The molecule has 0 fully saturated rings. The number of para-hydroxylation sites is 1. The highest BCUT2D eigenvalue weighted by Gasteiger charge is 2.09. The third-order valence-corrected chi connectivity index (χ3v) is 4.92. The summed E-state index contributed by atoms with van der Waals surface area (Å²) in [6.07, 6.45) is 0. The molecular formula is C18H19BrN2O2S. The zero-order chi connectivity index (χ0) is 17.5. The van der Waals surface area contributed by atoms with E-state index in [4.69, 9.17) is 0 Å². The Morgan fingerprint density at radius 1 is 1.00 bits per heavy atom. The van der Waals surface area contributed by atoms with E-state index < -0.39 is 0 Å². The van der Waals surface area contributed by atoms with Crippen LogP contribution in [-0.4, -0.2) is 24.1 Å². The zero-order valence-corrected chi connectivity index (χ0v) is 16.0. The van der Waals surface area contributed by atoms with Gasteiger partial charge in [0.05, 0.1) is 12.3 Å². The Bertz CT molecular complexity index is 712. The summed E-state index contributed by atoms with van der Waals surface area (Å²) < 4.78 is 1.000. The summed E-state index contributed by atoms with van der Waals surface area (Å²) in [7, 11) is 0. The topological polar surface area (TPSA) is 58.2 Å². The minimum Gasteiger partial charge on any atom is -0.346 e. The average Bonchev–Trinajstić information content (AvgIpc) is 2.56. The third-order valence-electron chi connectivity index (χ3n) is 3.38. The maximum atomic E-state index is 12.0. The van der Waals surface area contributed by atoms with Crippen molar-refractivity contribution in [3.63, 3.8) is 0 Å². The van der Waals surface area contributed by atoms with Crippen molar-refractivity contribution >= 4 is 45.2 Å². The fraction of sp³-hybridized carbons (Fsp3) is 0.222. The van der Waals surface area contributed by atoms with Crippen LogP contribution in [0.1, 0.15) is 11.1 Å². The molecule has 0 saturated heterocycles. The molecule has 0 aliphatic rings. The number of thioether (sulfide) groups is 1. The van der Waals surface area contributed by atoms with Gasteiger partial charge >= 0.3 is 0 Å². The van der Waals surface area contributed by atoms with E-state index in [2.05, 4.69) is 26.6 Å². The number of amides is 2. The van der Waals surface area contributed by atoms with Crippen molar-refractivity contribution in [1.82, 2.24) is 5.32 Å². The maximum absolute atomic E-state index is 12.0. The molecule has 2 rings (SSSR count). The second-order valence-corrected chi connectivity index (χ2v) is 7.30. The Kier molecular flexibility index (Phi) is 6.87.